The van der Waals surface area contributed by atoms with E-state index in [0.29, 0.717) is 11.5 Å². The van der Waals surface area contributed by atoms with Crippen molar-refractivity contribution >= 4 is 17.2 Å². The summed E-state index contributed by atoms with van der Waals surface area (Å²) in [6, 6.07) is 4.65. The molecule has 7 heteroatoms. The fourth-order valence-corrected chi connectivity index (χ4v) is 1.79. The van der Waals surface area contributed by atoms with E-state index in [1.165, 1.54) is 28.9 Å². The molecule has 0 aliphatic heterocycles. The minimum atomic E-state index is -0.677. The average molecular weight is 267 g/mol. The standard InChI is InChI=1S/C11H5ClF2N4/c12-9-4-10-16-17-11(18(10)5-15-9)6-1-7(13)3-8(14)2-6/h1-5H. The number of hydrogen-bond donors (Lipinski definition) is 0. The summed E-state index contributed by atoms with van der Waals surface area (Å²) in [5.41, 5.74) is 0.735. The highest BCUT2D eigenvalue weighted by Crippen LogP contribution is 2.21. The predicted octanol–water partition coefficient (Wildman–Crippen LogP) is 2.72. The molecular weight excluding hydrogens is 262 g/mol. The van der Waals surface area contributed by atoms with Crippen LogP contribution in [0.1, 0.15) is 0 Å². The summed E-state index contributed by atoms with van der Waals surface area (Å²) >= 11 is 5.71. The van der Waals surface area contributed by atoms with Crippen molar-refractivity contribution in [1.29, 1.82) is 0 Å². The molecule has 0 bridgehead atoms. The molecule has 0 saturated carbocycles. The lowest BCUT2D eigenvalue weighted by molar-refractivity contribution is 0.584. The minimum Gasteiger partial charge on any atom is -0.265 e. The van der Waals surface area contributed by atoms with Crippen molar-refractivity contribution in [2.75, 3.05) is 0 Å². The molecule has 3 rings (SSSR count). The van der Waals surface area contributed by atoms with Crippen molar-refractivity contribution in [3.63, 3.8) is 0 Å². The first-order valence-electron chi connectivity index (χ1n) is 4.96. The van der Waals surface area contributed by atoms with Gasteiger partial charge >= 0.3 is 0 Å². The van der Waals surface area contributed by atoms with E-state index in [1.807, 2.05) is 0 Å². The summed E-state index contributed by atoms with van der Waals surface area (Å²) in [6.07, 6.45) is 1.40. The number of benzene rings is 1. The number of halogens is 3. The molecule has 0 aliphatic rings. The molecule has 2 heterocycles. The molecule has 0 unspecified atom stereocenters. The van der Waals surface area contributed by atoms with Crippen molar-refractivity contribution in [1.82, 2.24) is 19.6 Å². The Morgan fingerprint density at radius 3 is 2.44 bits per heavy atom. The summed E-state index contributed by atoms with van der Waals surface area (Å²) in [6.45, 7) is 0. The fourth-order valence-electron chi connectivity index (χ4n) is 1.65. The van der Waals surface area contributed by atoms with Crippen LogP contribution in [0, 0.1) is 11.6 Å². The van der Waals surface area contributed by atoms with E-state index in [1.54, 1.807) is 0 Å². The highest BCUT2D eigenvalue weighted by atomic mass is 35.5. The van der Waals surface area contributed by atoms with Crippen molar-refractivity contribution in [2.45, 2.75) is 0 Å². The van der Waals surface area contributed by atoms with Gasteiger partial charge in [-0.2, -0.15) is 0 Å². The molecular formula is C11H5ClF2N4. The summed E-state index contributed by atoms with van der Waals surface area (Å²) in [5, 5.41) is 8.00. The normalized spacial score (nSPS) is 11.1. The van der Waals surface area contributed by atoms with Crippen LogP contribution in [0.25, 0.3) is 17.0 Å². The Kier molecular flexibility index (Phi) is 2.45. The molecule has 0 atom stereocenters. The van der Waals surface area contributed by atoms with Gasteiger partial charge in [-0.25, -0.2) is 13.8 Å². The van der Waals surface area contributed by atoms with Gasteiger partial charge in [-0.3, -0.25) is 4.40 Å². The zero-order valence-corrected chi connectivity index (χ0v) is 9.57. The Labute approximate surface area is 105 Å². The zero-order chi connectivity index (χ0) is 12.7. The summed E-state index contributed by atoms with van der Waals surface area (Å²) in [7, 11) is 0. The number of fused-ring (bicyclic) bond motifs is 1. The molecule has 90 valence electrons. The fraction of sp³-hybridized carbons (Fsp3) is 0. The van der Waals surface area contributed by atoms with Crippen molar-refractivity contribution < 1.29 is 8.78 Å². The highest BCUT2D eigenvalue weighted by molar-refractivity contribution is 6.29. The quantitative estimate of drug-likeness (QED) is 0.636. The highest BCUT2D eigenvalue weighted by Gasteiger charge is 2.11. The van der Waals surface area contributed by atoms with Gasteiger partial charge in [0.1, 0.15) is 23.1 Å². The van der Waals surface area contributed by atoms with E-state index in [2.05, 4.69) is 15.2 Å². The lowest BCUT2D eigenvalue weighted by atomic mass is 10.2. The van der Waals surface area contributed by atoms with Gasteiger partial charge in [0, 0.05) is 17.7 Å². The second-order valence-corrected chi connectivity index (χ2v) is 4.01. The maximum absolute atomic E-state index is 13.1. The predicted molar refractivity (Wildman–Crippen MR) is 61.1 cm³/mol. The summed E-state index contributed by atoms with van der Waals surface area (Å²) in [5.74, 6) is -1.06. The van der Waals surface area contributed by atoms with Gasteiger partial charge in [0.15, 0.2) is 11.5 Å². The first-order valence-corrected chi connectivity index (χ1v) is 5.34. The molecule has 3 aromatic rings. The van der Waals surface area contributed by atoms with Crippen LogP contribution < -0.4 is 0 Å². The monoisotopic (exact) mass is 266 g/mol. The Bertz CT molecular complexity index is 721. The summed E-state index contributed by atoms with van der Waals surface area (Å²) < 4.78 is 27.8. The van der Waals surface area contributed by atoms with Crippen LogP contribution in [-0.2, 0) is 0 Å². The van der Waals surface area contributed by atoms with E-state index >= 15 is 0 Å². The topological polar surface area (TPSA) is 43.1 Å². The molecule has 4 nitrogen and oxygen atoms in total. The van der Waals surface area contributed by atoms with Gasteiger partial charge in [0.05, 0.1) is 0 Å². The van der Waals surface area contributed by atoms with Crippen LogP contribution in [0.4, 0.5) is 8.78 Å². The Balaban J connectivity index is 2.25. The third-order valence-corrected chi connectivity index (χ3v) is 2.59. The Hall–Kier alpha value is -2.08. The second-order valence-electron chi connectivity index (χ2n) is 3.62. The second kappa shape index (κ2) is 3.99. The summed E-state index contributed by atoms with van der Waals surface area (Å²) in [4.78, 5) is 3.87. The molecule has 0 saturated heterocycles. The Morgan fingerprint density at radius 2 is 1.72 bits per heavy atom. The van der Waals surface area contributed by atoms with Crippen molar-refractivity contribution in [3.05, 3.63) is 47.4 Å². The van der Waals surface area contributed by atoms with Gasteiger partial charge in [0.2, 0.25) is 0 Å². The minimum absolute atomic E-state index is 0.270. The first kappa shape index (κ1) is 11.0. The van der Waals surface area contributed by atoms with Crippen molar-refractivity contribution in [3.8, 4) is 11.4 Å². The van der Waals surface area contributed by atoms with Crippen LogP contribution in [0.15, 0.2) is 30.6 Å². The largest absolute Gasteiger partial charge is 0.265 e. The smallest absolute Gasteiger partial charge is 0.169 e. The van der Waals surface area contributed by atoms with E-state index in [9.17, 15) is 8.78 Å². The first-order chi connectivity index (χ1) is 8.63. The molecule has 18 heavy (non-hydrogen) atoms. The van der Waals surface area contributed by atoms with Gasteiger partial charge in [-0.15, -0.1) is 10.2 Å². The number of hydrogen-bond acceptors (Lipinski definition) is 3. The van der Waals surface area contributed by atoms with E-state index in [-0.39, 0.29) is 10.7 Å². The van der Waals surface area contributed by atoms with Gasteiger partial charge in [-0.1, -0.05) is 11.6 Å². The maximum Gasteiger partial charge on any atom is 0.169 e. The molecule has 2 aromatic heterocycles. The molecule has 1 aromatic carbocycles. The van der Waals surface area contributed by atoms with Crippen LogP contribution in [0.3, 0.4) is 0 Å². The zero-order valence-electron chi connectivity index (χ0n) is 8.81. The third kappa shape index (κ3) is 1.80. The molecule has 0 aliphatic carbocycles. The Morgan fingerprint density at radius 1 is 1.00 bits per heavy atom. The van der Waals surface area contributed by atoms with E-state index in [4.69, 9.17) is 11.6 Å². The number of nitrogens with zero attached hydrogens (tertiary/aromatic N) is 4. The lowest BCUT2D eigenvalue weighted by Crippen LogP contribution is -1.92. The lowest BCUT2D eigenvalue weighted by Gasteiger charge is -2.00. The number of rotatable bonds is 1. The van der Waals surface area contributed by atoms with Crippen LogP contribution in [0.5, 0.6) is 0 Å². The molecule has 0 fully saturated rings. The van der Waals surface area contributed by atoms with Crippen molar-refractivity contribution in [2.24, 2.45) is 0 Å². The molecule has 0 spiro atoms. The molecule has 0 amide bonds. The van der Waals surface area contributed by atoms with Crippen LogP contribution in [-0.4, -0.2) is 19.6 Å². The third-order valence-electron chi connectivity index (χ3n) is 2.39. The number of aromatic nitrogens is 4. The van der Waals surface area contributed by atoms with Crippen LogP contribution in [0.2, 0.25) is 5.15 Å². The average Bonchev–Trinajstić information content (AvgIpc) is 2.70. The maximum atomic E-state index is 13.1. The SMILES string of the molecule is Fc1cc(F)cc(-c2nnc3cc(Cl)ncn23)c1. The molecule has 0 radical (unpaired) electrons. The van der Waals surface area contributed by atoms with Gasteiger partial charge < -0.3 is 0 Å². The van der Waals surface area contributed by atoms with Crippen LogP contribution >= 0.6 is 11.6 Å². The van der Waals surface area contributed by atoms with E-state index < -0.39 is 11.6 Å². The van der Waals surface area contributed by atoms with E-state index in [0.717, 1.165) is 6.07 Å². The van der Waals surface area contributed by atoms with Gasteiger partial charge in [0.25, 0.3) is 0 Å². The molecule has 0 N–H and O–H groups in total. The van der Waals surface area contributed by atoms with Gasteiger partial charge in [-0.05, 0) is 12.1 Å².